The molecule has 12 heteroatoms. The quantitative estimate of drug-likeness (QED) is 0.343. The Labute approximate surface area is 238 Å². The number of hydrogen-bond acceptors (Lipinski definition) is 8. The van der Waals surface area contributed by atoms with Gasteiger partial charge in [0, 0.05) is 48.7 Å². The van der Waals surface area contributed by atoms with E-state index in [0.29, 0.717) is 36.7 Å². The number of piperidine rings is 1. The summed E-state index contributed by atoms with van der Waals surface area (Å²) in [6, 6.07) is 11.5. The van der Waals surface area contributed by atoms with Gasteiger partial charge in [-0.2, -0.15) is 8.42 Å². The van der Waals surface area contributed by atoms with E-state index in [9.17, 15) is 22.8 Å². The SMILES string of the molecule is CC(C)(C)OC(=O)N1CCC(N2C(=O)NC(=O)C2Cc2ccc(OS(=O)(=O)c3cccc4cnccc34)cc2)CC1. The molecule has 1 N–H and O–H groups in total. The van der Waals surface area contributed by atoms with Crippen LogP contribution in [0.3, 0.4) is 0 Å². The monoisotopic (exact) mass is 580 g/mol. The summed E-state index contributed by atoms with van der Waals surface area (Å²) in [7, 11) is -4.12. The molecule has 2 fully saturated rings. The van der Waals surface area contributed by atoms with Crippen molar-refractivity contribution in [3.63, 3.8) is 0 Å². The van der Waals surface area contributed by atoms with E-state index >= 15 is 0 Å². The molecular formula is C29H32N4O7S. The topological polar surface area (TPSA) is 135 Å². The number of urea groups is 1. The number of rotatable bonds is 6. The predicted octanol–water partition coefficient (Wildman–Crippen LogP) is 3.86. The Morgan fingerprint density at radius 2 is 1.76 bits per heavy atom. The van der Waals surface area contributed by atoms with Gasteiger partial charge in [0.25, 0.3) is 5.91 Å². The Morgan fingerprint density at radius 1 is 1.05 bits per heavy atom. The molecule has 1 aromatic heterocycles. The van der Waals surface area contributed by atoms with E-state index in [1.165, 1.54) is 24.4 Å². The van der Waals surface area contributed by atoms with Crippen LogP contribution in [0.4, 0.5) is 9.59 Å². The number of carbonyl (C=O) groups excluding carboxylic acids is 3. The van der Waals surface area contributed by atoms with Gasteiger partial charge in [0.05, 0.1) is 0 Å². The molecular weight excluding hydrogens is 548 g/mol. The van der Waals surface area contributed by atoms with Crippen molar-refractivity contribution in [3.8, 4) is 5.75 Å². The number of benzene rings is 2. The van der Waals surface area contributed by atoms with Gasteiger partial charge in [-0.25, -0.2) is 9.59 Å². The normalized spacial score (nSPS) is 18.5. The highest BCUT2D eigenvalue weighted by Crippen LogP contribution is 2.28. The molecule has 0 spiro atoms. The Bertz CT molecular complexity index is 1570. The van der Waals surface area contributed by atoms with Crippen LogP contribution >= 0.6 is 0 Å². The first-order chi connectivity index (χ1) is 19.4. The third-order valence-electron chi connectivity index (χ3n) is 7.08. The molecule has 5 rings (SSSR count). The minimum Gasteiger partial charge on any atom is -0.444 e. The van der Waals surface area contributed by atoms with Gasteiger partial charge in [0.15, 0.2) is 0 Å². The lowest BCUT2D eigenvalue weighted by Crippen LogP contribution is -2.51. The zero-order chi connectivity index (χ0) is 29.4. The van der Waals surface area contributed by atoms with Gasteiger partial charge < -0.3 is 18.7 Å². The second kappa shape index (κ2) is 11.0. The van der Waals surface area contributed by atoms with Crippen molar-refractivity contribution in [2.45, 2.75) is 62.6 Å². The summed E-state index contributed by atoms with van der Waals surface area (Å²) in [5, 5.41) is 3.59. The number of nitrogens with zero attached hydrogens (tertiary/aromatic N) is 3. The number of pyridine rings is 1. The Kier molecular flexibility index (Phi) is 7.60. The lowest BCUT2D eigenvalue weighted by molar-refractivity contribution is -0.122. The van der Waals surface area contributed by atoms with Crippen LogP contribution in [0, 0.1) is 0 Å². The van der Waals surface area contributed by atoms with Crippen molar-refractivity contribution < 1.29 is 31.7 Å². The van der Waals surface area contributed by atoms with Crippen LogP contribution in [0.5, 0.6) is 5.75 Å². The molecule has 2 aliphatic rings. The summed E-state index contributed by atoms with van der Waals surface area (Å²) >= 11 is 0. The maximum Gasteiger partial charge on any atom is 0.410 e. The van der Waals surface area contributed by atoms with Gasteiger partial charge in [-0.1, -0.05) is 24.3 Å². The number of carbonyl (C=O) groups is 3. The number of hydrogen-bond donors (Lipinski definition) is 1. The fourth-order valence-corrected chi connectivity index (χ4v) is 6.33. The zero-order valence-corrected chi connectivity index (χ0v) is 23.9. The first-order valence-electron chi connectivity index (χ1n) is 13.4. The number of nitrogens with one attached hydrogen (secondary N) is 1. The number of likely N-dealkylation sites (tertiary alicyclic amines) is 1. The molecule has 2 aliphatic heterocycles. The van der Waals surface area contributed by atoms with Gasteiger partial charge in [0.1, 0.15) is 22.3 Å². The third kappa shape index (κ3) is 6.27. The molecule has 3 aromatic rings. The van der Waals surface area contributed by atoms with E-state index in [1.54, 1.807) is 46.3 Å². The highest BCUT2D eigenvalue weighted by atomic mass is 32.2. The number of ether oxygens (including phenoxy) is 1. The van der Waals surface area contributed by atoms with Crippen LogP contribution in [0.1, 0.15) is 39.2 Å². The molecule has 3 heterocycles. The average Bonchev–Trinajstić information content (AvgIpc) is 3.20. The van der Waals surface area contributed by atoms with Gasteiger partial charge in [0.2, 0.25) is 0 Å². The smallest absolute Gasteiger partial charge is 0.410 e. The van der Waals surface area contributed by atoms with Gasteiger partial charge in [-0.05, 0) is 63.4 Å². The summed E-state index contributed by atoms with van der Waals surface area (Å²) in [4.78, 5) is 45.1. The van der Waals surface area contributed by atoms with Crippen LogP contribution in [0.2, 0.25) is 0 Å². The van der Waals surface area contributed by atoms with Crippen molar-refractivity contribution in [2.75, 3.05) is 13.1 Å². The summed E-state index contributed by atoms with van der Waals surface area (Å²) in [5.41, 5.74) is 0.135. The van der Waals surface area contributed by atoms with Crippen LogP contribution in [-0.4, -0.2) is 72.0 Å². The highest BCUT2D eigenvalue weighted by molar-refractivity contribution is 7.87. The van der Waals surface area contributed by atoms with Crippen LogP contribution in [0.25, 0.3) is 10.8 Å². The first kappa shape index (κ1) is 28.3. The lowest BCUT2D eigenvalue weighted by atomic mass is 9.99. The standard InChI is InChI=1S/C29H32N4O7S/c1-29(2,3)39-28(36)32-15-12-21(13-16-32)33-24(26(34)31-27(33)35)17-19-7-9-22(10-8-19)40-41(37,38)25-6-4-5-20-18-30-14-11-23(20)25/h4-11,14,18,21,24H,12-13,15-17H2,1-3H3,(H,31,34,35). The number of amides is 4. The molecule has 216 valence electrons. The Morgan fingerprint density at radius 3 is 2.44 bits per heavy atom. The maximum absolute atomic E-state index is 13.0. The molecule has 11 nitrogen and oxygen atoms in total. The molecule has 41 heavy (non-hydrogen) atoms. The largest absolute Gasteiger partial charge is 0.444 e. The van der Waals surface area contributed by atoms with E-state index in [1.807, 2.05) is 20.8 Å². The van der Waals surface area contributed by atoms with E-state index in [-0.39, 0.29) is 23.1 Å². The summed E-state index contributed by atoms with van der Waals surface area (Å²) in [6.07, 6.45) is 3.99. The minimum atomic E-state index is -4.12. The molecule has 0 radical (unpaired) electrons. The van der Waals surface area contributed by atoms with Gasteiger partial charge in [-0.3, -0.25) is 15.1 Å². The third-order valence-corrected chi connectivity index (χ3v) is 8.39. The van der Waals surface area contributed by atoms with E-state index in [4.69, 9.17) is 8.92 Å². The molecule has 1 atom stereocenters. The zero-order valence-electron chi connectivity index (χ0n) is 23.1. The van der Waals surface area contributed by atoms with Crippen LogP contribution in [-0.2, 0) is 26.1 Å². The van der Waals surface area contributed by atoms with Gasteiger partial charge >= 0.3 is 22.2 Å². The Balaban J connectivity index is 1.25. The molecule has 0 saturated carbocycles. The number of imide groups is 1. The second-order valence-electron chi connectivity index (χ2n) is 11.2. The van der Waals surface area contributed by atoms with Crippen molar-refractivity contribution in [2.24, 2.45) is 0 Å². The molecule has 0 bridgehead atoms. The van der Waals surface area contributed by atoms with Crippen molar-refractivity contribution in [1.29, 1.82) is 0 Å². The molecule has 2 aromatic carbocycles. The maximum atomic E-state index is 13.0. The van der Waals surface area contributed by atoms with Crippen LogP contribution < -0.4 is 9.50 Å². The van der Waals surface area contributed by atoms with Crippen LogP contribution in [0.15, 0.2) is 65.8 Å². The summed E-state index contributed by atoms with van der Waals surface area (Å²) in [5.74, 6) is -0.268. The lowest BCUT2D eigenvalue weighted by Gasteiger charge is -2.38. The predicted molar refractivity (Wildman–Crippen MR) is 150 cm³/mol. The Hall–Kier alpha value is -4.19. The fraction of sp³-hybridized carbons (Fsp3) is 0.379. The minimum absolute atomic E-state index is 0.0379. The summed E-state index contributed by atoms with van der Waals surface area (Å²) in [6.45, 7) is 6.25. The van der Waals surface area contributed by atoms with Crippen molar-refractivity contribution in [3.05, 3.63) is 66.5 Å². The summed E-state index contributed by atoms with van der Waals surface area (Å²) < 4.78 is 36.9. The van der Waals surface area contributed by atoms with E-state index < -0.39 is 39.8 Å². The highest BCUT2D eigenvalue weighted by Gasteiger charge is 2.43. The first-order valence-corrected chi connectivity index (χ1v) is 14.8. The van der Waals surface area contributed by atoms with Gasteiger partial charge in [-0.15, -0.1) is 0 Å². The molecule has 0 aliphatic carbocycles. The van der Waals surface area contributed by atoms with E-state index in [0.717, 1.165) is 5.56 Å². The number of aromatic nitrogens is 1. The number of fused-ring (bicyclic) bond motifs is 1. The fourth-order valence-electron chi connectivity index (χ4n) is 5.17. The van der Waals surface area contributed by atoms with Crippen molar-refractivity contribution >= 4 is 38.9 Å². The molecule has 4 amide bonds. The van der Waals surface area contributed by atoms with Crippen molar-refractivity contribution in [1.82, 2.24) is 20.1 Å². The molecule has 1 unspecified atom stereocenters. The average molecular weight is 581 g/mol. The van der Waals surface area contributed by atoms with E-state index in [2.05, 4.69) is 10.3 Å². The molecule has 2 saturated heterocycles. The second-order valence-corrected chi connectivity index (χ2v) is 12.7.